The number of nitrogens with zero attached hydrogens (tertiary/aromatic N) is 2. The van der Waals surface area contributed by atoms with Crippen LogP contribution in [0, 0.1) is 5.92 Å². The number of nitrogens with one attached hydrogen (secondary N) is 2. The fourth-order valence-electron chi connectivity index (χ4n) is 4.25. The Morgan fingerprint density at radius 1 is 1.20 bits per heavy atom. The van der Waals surface area contributed by atoms with E-state index in [0.717, 1.165) is 49.6 Å². The van der Waals surface area contributed by atoms with Gasteiger partial charge in [-0.25, -0.2) is 0 Å². The van der Waals surface area contributed by atoms with Crippen LogP contribution in [-0.4, -0.2) is 63.3 Å². The maximum atomic E-state index is 12.8. The molecular weight excluding hydrogens is 380 g/mol. The van der Waals surface area contributed by atoms with Crippen molar-refractivity contribution in [3.63, 3.8) is 0 Å². The van der Waals surface area contributed by atoms with E-state index in [2.05, 4.69) is 21.7 Å². The Balaban J connectivity index is 1.44. The van der Waals surface area contributed by atoms with Crippen molar-refractivity contribution >= 4 is 11.9 Å². The predicted molar refractivity (Wildman–Crippen MR) is 119 cm³/mol. The van der Waals surface area contributed by atoms with E-state index in [1.807, 2.05) is 23.1 Å². The number of hydrogen-bond donors (Lipinski definition) is 2. The molecule has 1 amide bonds. The molecule has 0 aromatic heterocycles. The third kappa shape index (κ3) is 6.62. The molecule has 7 heteroatoms. The smallest absolute Gasteiger partial charge is 0.225 e. The Bertz CT molecular complexity index is 703. The Morgan fingerprint density at radius 3 is 2.80 bits per heavy atom. The molecule has 2 fully saturated rings. The molecule has 0 bridgehead atoms. The SMILES string of the molecule is CN=C(NCc1cccc(OCCOC)c1)NC1CCN(C(=O)C2CCCCC2)C1. The second-order valence-electron chi connectivity index (χ2n) is 8.16. The molecule has 1 heterocycles. The van der Waals surface area contributed by atoms with Crippen molar-refractivity contribution in [1.29, 1.82) is 0 Å². The maximum Gasteiger partial charge on any atom is 0.225 e. The van der Waals surface area contributed by atoms with E-state index >= 15 is 0 Å². The number of methoxy groups -OCH3 is 1. The average Bonchev–Trinajstić information content (AvgIpc) is 3.25. The molecule has 2 N–H and O–H groups in total. The topological polar surface area (TPSA) is 75.2 Å². The van der Waals surface area contributed by atoms with Gasteiger partial charge in [-0.1, -0.05) is 31.4 Å². The van der Waals surface area contributed by atoms with Crippen LogP contribution in [-0.2, 0) is 16.1 Å². The van der Waals surface area contributed by atoms with E-state index < -0.39 is 0 Å². The van der Waals surface area contributed by atoms with Crippen molar-refractivity contribution in [2.45, 2.75) is 51.1 Å². The highest BCUT2D eigenvalue weighted by molar-refractivity contribution is 5.81. The number of rotatable bonds is 8. The lowest BCUT2D eigenvalue weighted by Crippen LogP contribution is -2.45. The molecule has 1 aliphatic carbocycles. The van der Waals surface area contributed by atoms with Gasteiger partial charge in [0.1, 0.15) is 12.4 Å². The second-order valence-corrected chi connectivity index (χ2v) is 8.16. The van der Waals surface area contributed by atoms with Gasteiger partial charge in [0.25, 0.3) is 0 Å². The summed E-state index contributed by atoms with van der Waals surface area (Å²) in [5.41, 5.74) is 1.12. The number of hydrogen-bond acceptors (Lipinski definition) is 4. The van der Waals surface area contributed by atoms with Gasteiger partial charge < -0.3 is 25.0 Å². The molecule has 0 radical (unpaired) electrons. The van der Waals surface area contributed by atoms with Gasteiger partial charge in [-0.3, -0.25) is 9.79 Å². The van der Waals surface area contributed by atoms with Gasteiger partial charge in [0, 0.05) is 45.8 Å². The van der Waals surface area contributed by atoms with Crippen molar-refractivity contribution in [1.82, 2.24) is 15.5 Å². The highest BCUT2D eigenvalue weighted by atomic mass is 16.5. The first-order valence-corrected chi connectivity index (χ1v) is 11.2. The van der Waals surface area contributed by atoms with Crippen LogP contribution in [0.15, 0.2) is 29.3 Å². The van der Waals surface area contributed by atoms with Crippen LogP contribution in [0.3, 0.4) is 0 Å². The van der Waals surface area contributed by atoms with Crippen LogP contribution in [0.5, 0.6) is 5.75 Å². The molecule has 1 aromatic carbocycles. The molecule has 3 rings (SSSR count). The number of carbonyl (C=O) groups is 1. The van der Waals surface area contributed by atoms with E-state index in [4.69, 9.17) is 9.47 Å². The number of likely N-dealkylation sites (tertiary alicyclic amines) is 1. The third-order valence-electron chi connectivity index (χ3n) is 5.93. The molecule has 1 atom stereocenters. The first kappa shape index (κ1) is 22.4. The van der Waals surface area contributed by atoms with Crippen molar-refractivity contribution < 1.29 is 14.3 Å². The number of carbonyl (C=O) groups excluding carboxylic acids is 1. The van der Waals surface area contributed by atoms with Crippen LogP contribution in [0.1, 0.15) is 44.1 Å². The standard InChI is InChI=1S/C23H36N4O3/c1-24-23(25-16-18-7-6-10-21(15-18)30-14-13-29-2)26-20-11-12-27(17-20)22(28)19-8-4-3-5-9-19/h6-7,10,15,19-20H,3-5,8-9,11-14,16-17H2,1-2H3,(H2,24,25,26). The quantitative estimate of drug-likeness (QED) is 0.387. The Labute approximate surface area is 180 Å². The van der Waals surface area contributed by atoms with Gasteiger partial charge in [0.05, 0.1) is 6.61 Å². The average molecular weight is 417 g/mol. The van der Waals surface area contributed by atoms with Crippen LogP contribution < -0.4 is 15.4 Å². The summed E-state index contributed by atoms with van der Waals surface area (Å²) in [6, 6.07) is 8.26. The molecule has 7 nitrogen and oxygen atoms in total. The molecule has 30 heavy (non-hydrogen) atoms. The highest BCUT2D eigenvalue weighted by Crippen LogP contribution is 2.26. The van der Waals surface area contributed by atoms with Crippen molar-refractivity contribution in [3.05, 3.63) is 29.8 Å². The summed E-state index contributed by atoms with van der Waals surface area (Å²) in [6.45, 7) is 3.36. The Morgan fingerprint density at radius 2 is 2.03 bits per heavy atom. The fourth-order valence-corrected chi connectivity index (χ4v) is 4.25. The zero-order valence-corrected chi connectivity index (χ0v) is 18.4. The first-order chi connectivity index (χ1) is 14.7. The van der Waals surface area contributed by atoms with Gasteiger partial charge in [0.15, 0.2) is 5.96 Å². The summed E-state index contributed by atoms with van der Waals surface area (Å²) in [7, 11) is 3.44. The lowest BCUT2D eigenvalue weighted by atomic mass is 9.88. The minimum atomic E-state index is 0.243. The number of aliphatic imine (C=N–C) groups is 1. The monoisotopic (exact) mass is 416 g/mol. The van der Waals surface area contributed by atoms with Gasteiger partial charge in [-0.15, -0.1) is 0 Å². The summed E-state index contributed by atoms with van der Waals surface area (Å²) < 4.78 is 10.7. The fraction of sp³-hybridized carbons (Fsp3) is 0.652. The van der Waals surface area contributed by atoms with Gasteiger partial charge in [0.2, 0.25) is 5.91 Å². The van der Waals surface area contributed by atoms with Crippen LogP contribution >= 0.6 is 0 Å². The van der Waals surface area contributed by atoms with Gasteiger partial charge in [-0.2, -0.15) is 0 Å². The van der Waals surface area contributed by atoms with Crippen LogP contribution in [0.4, 0.5) is 0 Å². The molecule has 0 spiro atoms. The van der Waals surface area contributed by atoms with Crippen molar-refractivity contribution in [2.24, 2.45) is 10.9 Å². The normalized spacial score (nSPS) is 20.3. The summed E-state index contributed by atoms with van der Waals surface area (Å²) in [4.78, 5) is 19.2. The van der Waals surface area contributed by atoms with Crippen molar-refractivity contribution in [3.8, 4) is 5.75 Å². The van der Waals surface area contributed by atoms with Gasteiger partial charge in [-0.05, 0) is 37.0 Å². The second kappa shape index (κ2) is 11.8. The predicted octanol–water partition coefficient (Wildman–Crippen LogP) is 2.56. The Hall–Kier alpha value is -2.28. The first-order valence-electron chi connectivity index (χ1n) is 11.2. The lowest BCUT2D eigenvalue weighted by Gasteiger charge is -2.26. The zero-order chi connectivity index (χ0) is 21.2. The zero-order valence-electron chi connectivity index (χ0n) is 18.4. The number of ether oxygens (including phenoxy) is 2. The molecule has 1 aliphatic heterocycles. The summed E-state index contributed by atoms with van der Waals surface area (Å²) in [5, 5.41) is 6.85. The molecule has 1 aromatic rings. The van der Waals surface area contributed by atoms with Crippen LogP contribution in [0.25, 0.3) is 0 Å². The number of guanidine groups is 1. The van der Waals surface area contributed by atoms with Crippen LogP contribution in [0.2, 0.25) is 0 Å². The minimum absolute atomic E-state index is 0.243. The largest absolute Gasteiger partial charge is 0.491 e. The third-order valence-corrected chi connectivity index (χ3v) is 5.93. The summed E-state index contributed by atoms with van der Waals surface area (Å²) >= 11 is 0. The Kier molecular flexibility index (Phi) is 8.81. The molecule has 1 unspecified atom stereocenters. The lowest BCUT2D eigenvalue weighted by molar-refractivity contribution is -0.135. The molecule has 1 saturated carbocycles. The summed E-state index contributed by atoms with van der Waals surface area (Å²) in [5.74, 6) is 2.19. The van der Waals surface area contributed by atoms with E-state index in [-0.39, 0.29) is 12.0 Å². The summed E-state index contributed by atoms with van der Waals surface area (Å²) in [6.07, 6.45) is 6.75. The van der Waals surface area contributed by atoms with E-state index in [9.17, 15) is 4.79 Å². The number of benzene rings is 1. The minimum Gasteiger partial charge on any atom is -0.491 e. The highest BCUT2D eigenvalue weighted by Gasteiger charge is 2.31. The molecule has 166 valence electrons. The van der Waals surface area contributed by atoms with E-state index in [1.54, 1.807) is 14.2 Å². The van der Waals surface area contributed by atoms with Crippen molar-refractivity contribution in [2.75, 3.05) is 40.5 Å². The molecule has 1 saturated heterocycles. The maximum absolute atomic E-state index is 12.8. The van der Waals surface area contributed by atoms with E-state index in [1.165, 1.54) is 19.3 Å². The van der Waals surface area contributed by atoms with Gasteiger partial charge >= 0.3 is 0 Å². The molecule has 2 aliphatic rings. The molecular formula is C23H36N4O3. The van der Waals surface area contributed by atoms with E-state index in [0.29, 0.717) is 25.7 Å². The number of amides is 1.